The van der Waals surface area contributed by atoms with Gasteiger partial charge < -0.3 is 15.4 Å². The van der Waals surface area contributed by atoms with Gasteiger partial charge in [-0.05, 0) is 49.4 Å². The monoisotopic (exact) mass is 395 g/mol. The molecule has 1 heterocycles. The van der Waals surface area contributed by atoms with Gasteiger partial charge in [0.1, 0.15) is 11.6 Å². The first-order chi connectivity index (χ1) is 13.5. The quantitative estimate of drug-likeness (QED) is 0.577. The molecule has 0 atom stereocenters. The summed E-state index contributed by atoms with van der Waals surface area (Å²) in [7, 11) is 1.56. The number of amides is 1. The van der Waals surface area contributed by atoms with Gasteiger partial charge in [0.25, 0.3) is 5.91 Å². The van der Waals surface area contributed by atoms with Crippen LogP contribution in [0.2, 0.25) is 5.02 Å². The zero-order chi connectivity index (χ0) is 20.1. The van der Waals surface area contributed by atoms with Crippen LogP contribution in [0.25, 0.3) is 0 Å². The third-order valence-corrected chi connectivity index (χ3v) is 4.21. The van der Waals surface area contributed by atoms with E-state index >= 15 is 0 Å². The van der Waals surface area contributed by atoms with Crippen LogP contribution in [-0.4, -0.2) is 23.8 Å². The Kier molecular flexibility index (Phi) is 5.91. The zero-order valence-electron chi connectivity index (χ0n) is 15.3. The van der Waals surface area contributed by atoms with E-state index in [4.69, 9.17) is 16.3 Å². The summed E-state index contributed by atoms with van der Waals surface area (Å²) in [4.78, 5) is 28.3. The zero-order valence-corrected chi connectivity index (χ0v) is 16.1. The predicted octanol–water partition coefficient (Wildman–Crippen LogP) is 4.94. The van der Waals surface area contributed by atoms with Crippen molar-refractivity contribution in [3.63, 3.8) is 0 Å². The maximum atomic E-state index is 12.6. The summed E-state index contributed by atoms with van der Waals surface area (Å²) in [6.07, 6.45) is 1.53. The maximum Gasteiger partial charge on any atom is 0.255 e. The lowest BCUT2D eigenvalue weighted by molar-refractivity contribution is 0.101. The second-order valence-corrected chi connectivity index (χ2v) is 6.43. The summed E-state index contributed by atoms with van der Waals surface area (Å²) in [5.41, 5.74) is 2.12. The number of aromatic nitrogens is 1. The third kappa shape index (κ3) is 4.66. The Morgan fingerprint density at radius 2 is 1.86 bits per heavy atom. The number of hydrogen-bond donors (Lipinski definition) is 2. The fraction of sp³-hybridized carbons (Fsp3) is 0.0952. The van der Waals surface area contributed by atoms with Gasteiger partial charge in [-0.25, -0.2) is 4.98 Å². The fourth-order valence-electron chi connectivity index (χ4n) is 2.58. The highest BCUT2D eigenvalue weighted by molar-refractivity contribution is 6.31. The van der Waals surface area contributed by atoms with E-state index in [1.54, 1.807) is 61.7 Å². The molecule has 0 bridgehead atoms. The van der Waals surface area contributed by atoms with Crippen LogP contribution in [0, 0.1) is 0 Å². The molecule has 3 rings (SSSR count). The number of halogens is 1. The minimum absolute atomic E-state index is 0.0676. The van der Waals surface area contributed by atoms with Crippen molar-refractivity contribution in [3.05, 3.63) is 76.9 Å². The molecule has 0 radical (unpaired) electrons. The Labute approximate surface area is 167 Å². The van der Waals surface area contributed by atoms with Gasteiger partial charge in [0.05, 0.1) is 12.8 Å². The molecule has 0 saturated carbocycles. The van der Waals surface area contributed by atoms with Crippen molar-refractivity contribution in [1.29, 1.82) is 0 Å². The number of carbonyl (C=O) groups is 2. The molecule has 142 valence electrons. The van der Waals surface area contributed by atoms with Gasteiger partial charge in [-0.3, -0.25) is 9.59 Å². The van der Waals surface area contributed by atoms with E-state index < -0.39 is 0 Å². The molecule has 0 aliphatic heterocycles. The summed E-state index contributed by atoms with van der Waals surface area (Å²) in [5, 5.41) is 6.43. The molecule has 0 saturated heterocycles. The number of Topliss-reactive ketones (excluding diaryl/α,β-unsaturated/α-hetero) is 1. The Morgan fingerprint density at radius 3 is 2.61 bits per heavy atom. The van der Waals surface area contributed by atoms with Crippen LogP contribution in [-0.2, 0) is 0 Å². The molecule has 0 fully saturated rings. The predicted molar refractivity (Wildman–Crippen MR) is 110 cm³/mol. The molecule has 0 spiro atoms. The first kappa shape index (κ1) is 19.4. The highest BCUT2D eigenvalue weighted by Gasteiger charge is 2.10. The first-order valence-corrected chi connectivity index (χ1v) is 8.83. The Morgan fingerprint density at radius 1 is 1.04 bits per heavy atom. The highest BCUT2D eigenvalue weighted by atomic mass is 35.5. The molecule has 2 N–H and O–H groups in total. The molecule has 0 unspecified atom stereocenters. The van der Waals surface area contributed by atoms with Gasteiger partial charge >= 0.3 is 0 Å². The van der Waals surface area contributed by atoms with Crippen LogP contribution in [0.4, 0.5) is 17.2 Å². The van der Waals surface area contributed by atoms with Gasteiger partial charge in [0.15, 0.2) is 5.78 Å². The van der Waals surface area contributed by atoms with Crippen molar-refractivity contribution in [1.82, 2.24) is 4.98 Å². The van der Waals surface area contributed by atoms with Crippen molar-refractivity contribution in [3.8, 4) is 5.75 Å². The molecule has 3 aromatic rings. The average molecular weight is 396 g/mol. The van der Waals surface area contributed by atoms with E-state index in [1.807, 2.05) is 0 Å². The molecule has 28 heavy (non-hydrogen) atoms. The number of benzene rings is 2. The van der Waals surface area contributed by atoms with E-state index in [2.05, 4.69) is 15.6 Å². The number of hydrogen-bond acceptors (Lipinski definition) is 5. The number of ketones is 1. The maximum absolute atomic E-state index is 12.6. The lowest BCUT2D eigenvalue weighted by Crippen LogP contribution is -2.13. The number of nitrogens with one attached hydrogen (secondary N) is 2. The molecule has 0 aliphatic carbocycles. The van der Waals surface area contributed by atoms with Crippen molar-refractivity contribution >= 4 is 40.5 Å². The van der Waals surface area contributed by atoms with Crippen LogP contribution < -0.4 is 15.4 Å². The number of rotatable bonds is 6. The minimum atomic E-state index is -0.316. The highest BCUT2D eigenvalue weighted by Crippen LogP contribution is 2.30. The van der Waals surface area contributed by atoms with Crippen molar-refractivity contribution in [2.24, 2.45) is 0 Å². The van der Waals surface area contributed by atoms with E-state index in [1.165, 1.54) is 13.1 Å². The van der Waals surface area contributed by atoms with E-state index in [0.717, 1.165) is 0 Å². The van der Waals surface area contributed by atoms with Crippen LogP contribution in [0.15, 0.2) is 60.8 Å². The summed E-state index contributed by atoms with van der Waals surface area (Å²) in [6, 6.07) is 15.2. The summed E-state index contributed by atoms with van der Waals surface area (Å²) in [6.45, 7) is 1.48. The fourth-order valence-corrected chi connectivity index (χ4v) is 2.75. The van der Waals surface area contributed by atoms with Crippen LogP contribution in [0.5, 0.6) is 5.75 Å². The number of ether oxygens (including phenoxy) is 1. The van der Waals surface area contributed by atoms with Crippen molar-refractivity contribution < 1.29 is 14.3 Å². The molecule has 0 aliphatic rings. The summed E-state index contributed by atoms with van der Waals surface area (Å²) >= 11 is 6.04. The molecule has 6 nitrogen and oxygen atoms in total. The number of methoxy groups -OCH3 is 1. The molecule has 7 heteroatoms. The number of anilines is 3. The first-order valence-electron chi connectivity index (χ1n) is 8.45. The van der Waals surface area contributed by atoms with Crippen molar-refractivity contribution in [2.75, 3.05) is 17.7 Å². The van der Waals surface area contributed by atoms with Gasteiger partial charge in [-0.15, -0.1) is 0 Å². The number of nitrogens with zero attached hydrogens (tertiary/aromatic N) is 1. The lowest BCUT2D eigenvalue weighted by atomic mass is 10.1. The molecule has 1 amide bonds. The van der Waals surface area contributed by atoms with E-state index in [-0.39, 0.29) is 11.7 Å². The van der Waals surface area contributed by atoms with Gasteiger partial charge in [-0.1, -0.05) is 23.7 Å². The standard InChI is InChI=1S/C21H18ClN3O3/c1-13(26)14-4-3-5-17(10-14)24-21(27)15-8-9-23-20(11-15)25-18-12-16(22)6-7-19(18)28-2/h3-12H,1-2H3,(H,23,25)(H,24,27). The topological polar surface area (TPSA) is 80.3 Å². The van der Waals surface area contributed by atoms with Crippen LogP contribution in [0.3, 0.4) is 0 Å². The molecule has 1 aromatic heterocycles. The molecular weight excluding hydrogens is 378 g/mol. The van der Waals surface area contributed by atoms with Gasteiger partial charge in [0.2, 0.25) is 0 Å². The largest absolute Gasteiger partial charge is 0.495 e. The van der Waals surface area contributed by atoms with Gasteiger partial charge in [0, 0.05) is 28.0 Å². The Hall–Kier alpha value is -3.38. The Balaban J connectivity index is 1.79. The summed E-state index contributed by atoms with van der Waals surface area (Å²) in [5.74, 6) is 0.680. The number of carbonyl (C=O) groups excluding carboxylic acids is 2. The number of pyridine rings is 1. The minimum Gasteiger partial charge on any atom is -0.495 e. The van der Waals surface area contributed by atoms with E-state index in [0.29, 0.717) is 39.1 Å². The second-order valence-electron chi connectivity index (χ2n) is 5.99. The normalized spacial score (nSPS) is 10.2. The van der Waals surface area contributed by atoms with Crippen LogP contribution in [0.1, 0.15) is 27.6 Å². The van der Waals surface area contributed by atoms with E-state index in [9.17, 15) is 9.59 Å². The lowest BCUT2D eigenvalue weighted by Gasteiger charge is -2.12. The Bertz CT molecular complexity index is 1040. The van der Waals surface area contributed by atoms with Gasteiger partial charge in [-0.2, -0.15) is 0 Å². The smallest absolute Gasteiger partial charge is 0.255 e. The average Bonchev–Trinajstić information content (AvgIpc) is 2.68. The molecular formula is C21H18ClN3O3. The SMILES string of the molecule is COc1ccc(Cl)cc1Nc1cc(C(=O)Nc2cccc(C(C)=O)c2)ccn1. The molecule has 2 aromatic carbocycles. The van der Waals surface area contributed by atoms with Crippen LogP contribution >= 0.6 is 11.6 Å². The second kappa shape index (κ2) is 8.54. The summed E-state index contributed by atoms with van der Waals surface area (Å²) < 4.78 is 5.30. The third-order valence-electron chi connectivity index (χ3n) is 3.97. The van der Waals surface area contributed by atoms with Crippen molar-refractivity contribution in [2.45, 2.75) is 6.92 Å².